The van der Waals surface area contributed by atoms with Crippen LogP contribution in [-0.4, -0.2) is 70.7 Å². The first-order chi connectivity index (χ1) is 17.8. The molecule has 0 spiro atoms. The van der Waals surface area contributed by atoms with E-state index in [-0.39, 0.29) is 30.0 Å². The van der Waals surface area contributed by atoms with Crippen molar-refractivity contribution in [2.45, 2.75) is 95.0 Å². The van der Waals surface area contributed by atoms with Crippen molar-refractivity contribution < 1.29 is 4.79 Å². The van der Waals surface area contributed by atoms with Crippen LogP contribution < -0.4 is 16.4 Å². The number of nitrogens with zero attached hydrogens (tertiary/aromatic N) is 2. The second kappa shape index (κ2) is 10.4. The molecule has 5 rings (SSSR count). The highest BCUT2D eigenvalue weighted by Crippen LogP contribution is 2.50. The average molecular weight is 507 g/mol. The van der Waals surface area contributed by atoms with Gasteiger partial charge in [0.1, 0.15) is 5.66 Å². The first-order valence-electron chi connectivity index (χ1n) is 14.3. The number of amides is 1. The maximum atomic E-state index is 13.1. The van der Waals surface area contributed by atoms with Gasteiger partial charge in [0, 0.05) is 53.9 Å². The number of likely N-dealkylation sites (N-methyl/N-ethyl adjacent to an activating group) is 1. The number of nitrogens with two attached hydrogens (primary N) is 1. The van der Waals surface area contributed by atoms with Crippen LogP contribution >= 0.6 is 0 Å². The summed E-state index contributed by atoms with van der Waals surface area (Å²) in [5.74, 6) is 0.560. The van der Waals surface area contributed by atoms with Gasteiger partial charge in [-0.2, -0.15) is 0 Å². The third kappa shape index (κ3) is 4.49. The fourth-order valence-corrected chi connectivity index (χ4v) is 7.40. The van der Waals surface area contributed by atoms with E-state index in [0.29, 0.717) is 12.0 Å². The zero-order valence-corrected chi connectivity index (χ0v) is 23.1. The second-order valence-electron chi connectivity index (χ2n) is 11.9. The number of nitrogens with one attached hydrogen (secondary N) is 3. The molecule has 0 radical (unpaired) electrons. The predicted molar refractivity (Wildman–Crippen MR) is 151 cm³/mol. The third-order valence-electron chi connectivity index (χ3n) is 9.59. The Labute approximate surface area is 222 Å². The largest absolute Gasteiger partial charge is 0.361 e. The SMILES string of the molecule is C=C([C@@H](NC(=O)[C@H](C)NC)C1CCCCC1)N1CC[C@H]2N(C(C)C)C[C@H](c3c[nH]c4ccccc34)[C@]21N. The first kappa shape index (κ1) is 26.3. The van der Waals surface area contributed by atoms with Crippen molar-refractivity contribution >= 4 is 16.8 Å². The van der Waals surface area contributed by atoms with E-state index in [4.69, 9.17) is 5.73 Å². The topological polar surface area (TPSA) is 89.4 Å². The lowest BCUT2D eigenvalue weighted by molar-refractivity contribution is -0.123. The van der Waals surface area contributed by atoms with Crippen molar-refractivity contribution in [1.29, 1.82) is 0 Å². The molecule has 3 fully saturated rings. The second-order valence-corrected chi connectivity index (χ2v) is 11.9. The van der Waals surface area contributed by atoms with Gasteiger partial charge in [0.05, 0.1) is 12.1 Å². The zero-order valence-electron chi connectivity index (χ0n) is 23.1. The molecule has 0 bridgehead atoms. The minimum absolute atomic E-state index is 0.0319. The third-order valence-corrected chi connectivity index (χ3v) is 9.59. The van der Waals surface area contributed by atoms with Crippen LogP contribution in [0.2, 0.25) is 0 Å². The molecule has 2 saturated heterocycles. The molecule has 5 atom stereocenters. The lowest BCUT2D eigenvalue weighted by Gasteiger charge is -2.46. The summed E-state index contributed by atoms with van der Waals surface area (Å²) in [5, 5.41) is 7.75. The van der Waals surface area contributed by atoms with Gasteiger partial charge < -0.3 is 26.3 Å². The molecule has 2 aliphatic heterocycles. The quantitative estimate of drug-likeness (QED) is 0.436. The van der Waals surface area contributed by atoms with Crippen LogP contribution in [0.25, 0.3) is 10.9 Å². The van der Waals surface area contributed by atoms with Crippen molar-refractivity contribution in [2.75, 3.05) is 20.1 Å². The van der Waals surface area contributed by atoms with Crippen molar-refractivity contribution in [3.63, 3.8) is 0 Å². The highest BCUT2D eigenvalue weighted by atomic mass is 16.2. The maximum Gasteiger partial charge on any atom is 0.237 e. The summed E-state index contributed by atoms with van der Waals surface area (Å²) < 4.78 is 0. The molecule has 202 valence electrons. The number of rotatable bonds is 8. The van der Waals surface area contributed by atoms with Crippen LogP contribution in [0, 0.1) is 5.92 Å². The zero-order chi connectivity index (χ0) is 26.3. The molecule has 3 aliphatic rings. The summed E-state index contributed by atoms with van der Waals surface area (Å²) in [5.41, 5.74) is 10.5. The van der Waals surface area contributed by atoms with Crippen LogP contribution in [0.4, 0.5) is 0 Å². The number of aromatic nitrogens is 1. The Kier molecular flexibility index (Phi) is 7.40. The number of carbonyl (C=O) groups is 1. The standard InChI is InChI=1S/C30H46N6O/c1-19(2)35-18-25(24-17-33-26-14-10-9-13-23(24)26)30(31)27(35)15-16-36(30)21(4)28(22-11-7-6-8-12-22)34-29(37)20(3)32-5/h9-10,13-14,17,19-20,22,25,27-28,32-33H,4,6-8,11-12,15-16,18,31H2,1-3,5H3,(H,34,37)/t20-,25+,27+,28+,30+/m0/s1. The molecule has 7 nitrogen and oxygen atoms in total. The van der Waals surface area contributed by atoms with Crippen LogP contribution in [0.3, 0.4) is 0 Å². The normalized spacial score (nSPS) is 28.5. The summed E-state index contributed by atoms with van der Waals surface area (Å²) >= 11 is 0. The molecule has 2 aromatic rings. The van der Waals surface area contributed by atoms with E-state index in [0.717, 1.165) is 43.6 Å². The Morgan fingerprint density at radius 3 is 2.59 bits per heavy atom. The molecule has 1 saturated carbocycles. The summed E-state index contributed by atoms with van der Waals surface area (Å²) in [6, 6.07) is 8.82. The minimum Gasteiger partial charge on any atom is -0.361 e. The van der Waals surface area contributed by atoms with Crippen LogP contribution in [0.5, 0.6) is 0 Å². The summed E-state index contributed by atoms with van der Waals surface area (Å²) in [4.78, 5) is 21.6. The Morgan fingerprint density at radius 2 is 1.89 bits per heavy atom. The molecule has 3 heterocycles. The van der Waals surface area contributed by atoms with Gasteiger partial charge in [-0.25, -0.2) is 0 Å². The molecule has 37 heavy (non-hydrogen) atoms. The fraction of sp³-hybridized carbons (Fsp3) is 0.633. The van der Waals surface area contributed by atoms with Gasteiger partial charge in [0.25, 0.3) is 0 Å². The molecular weight excluding hydrogens is 460 g/mol. The summed E-state index contributed by atoms with van der Waals surface area (Å²) in [6.07, 6.45) is 9.11. The lowest BCUT2D eigenvalue weighted by Crippen LogP contribution is -2.62. The smallest absolute Gasteiger partial charge is 0.237 e. The number of benzene rings is 1. The number of likely N-dealkylation sites (tertiary alicyclic amines) is 2. The Balaban J connectivity index is 1.52. The summed E-state index contributed by atoms with van der Waals surface area (Å²) in [6.45, 7) is 12.9. The number of H-pyrrole nitrogens is 1. The Bertz CT molecular complexity index is 1120. The molecular formula is C30H46N6O. The molecule has 5 N–H and O–H groups in total. The number of para-hydroxylation sites is 1. The predicted octanol–water partition coefficient (Wildman–Crippen LogP) is 3.89. The van der Waals surface area contributed by atoms with Gasteiger partial charge in [-0.3, -0.25) is 9.69 Å². The highest BCUT2D eigenvalue weighted by molar-refractivity contribution is 5.84. The van der Waals surface area contributed by atoms with Crippen LogP contribution in [0.15, 0.2) is 42.7 Å². The van der Waals surface area contributed by atoms with Gasteiger partial charge in [-0.1, -0.05) is 44.0 Å². The fourth-order valence-electron chi connectivity index (χ4n) is 7.40. The van der Waals surface area contributed by atoms with E-state index in [2.05, 4.69) is 76.3 Å². The van der Waals surface area contributed by atoms with Crippen LogP contribution in [-0.2, 0) is 4.79 Å². The highest BCUT2D eigenvalue weighted by Gasteiger charge is 2.60. The maximum absolute atomic E-state index is 13.1. The molecule has 1 aromatic carbocycles. The minimum atomic E-state index is -0.585. The van der Waals surface area contributed by atoms with E-state index in [1.165, 1.54) is 30.2 Å². The van der Waals surface area contributed by atoms with E-state index in [9.17, 15) is 4.79 Å². The monoisotopic (exact) mass is 506 g/mol. The number of hydrogen-bond acceptors (Lipinski definition) is 5. The van der Waals surface area contributed by atoms with Gasteiger partial charge in [0.2, 0.25) is 5.91 Å². The van der Waals surface area contributed by atoms with Gasteiger partial charge in [-0.05, 0) is 64.6 Å². The van der Waals surface area contributed by atoms with E-state index >= 15 is 0 Å². The van der Waals surface area contributed by atoms with Crippen molar-refractivity contribution in [3.05, 3.63) is 48.3 Å². The lowest BCUT2D eigenvalue weighted by atomic mass is 9.81. The average Bonchev–Trinajstić information content (AvgIpc) is 3.56. The van der Waals surface area contributed by atoms with E-state index < -0.39 is 5.66 Å². The molecule has 1 aliphatic carbocycles. The van der Waals surface area contributed by atoms with E-state index in [1.807, 2.05) is 14.0 Å². The Morgan fingerprint density at radius 1 is 1.16 bits per heavy atom. The Hall–Kier alpha value is -2.35. The van der Waals surface area contributed by atoms with Gasteiger partial charge in [0.15, 0.2) is 0 Å². The van der Waals surface area contributed by atoms with Gasteiger partial charge >= 0.3 is 0 Å². The molecule has 0 unspecified atom stereocenters. The summed E-state index contributed by atoms with van der Waals surface area (Å²) in [7, 11) is 1.83. The van der Waals surface area contributed by atoms with E-state index in [1.54, 1.807) is 0 Å². The number of carbonyl (C=O) groups excluding carboxylic acids is 1. The molecule has 7 heteroatoms. The van der Waals surface area contributed by atoms with Crippen molar-refractivity contribution in [3.8, 4) is 0 Å². The van der Waals surface area contributed by atoms with Crippen molar-refractivity contribution in [1.82, 2.24) is 25.4 Å². The first-order valence-corrected chi connectivity index (χ1v) is 14.3. The van der Waals surface area contributed by atoms with Crippen molar-refractivity contribution in [2.24, 2.45) is 11.7 Å². The number of fused-ring (bicyclic) bond motifs is 2. The number of aromatic amines is 1. The van der Waals surface area contributed by atoms with Gasteiger partial charge in [-0.15, -0.1) is 0 Å². The molecule has 1 amide bonds. The van der Waals surface area contributed by atoms with Crippen LogP contribution in [0.1, 0.15) is 70.8 Å². The molecule has 1 aromatic heterocycles. The number of hydrogen-bond donors (Lipinski definition) is 4.